The maximum absolute atomic E-state index is 13.0. The molecule has 4 amide bonds. The summed E-state index contributed by atoms with van der Waals surface area (Å²) in [5.41, 5.74) is 1.65. The van der Waals surface area contributed by atoms with Gasteiger partial charge in [0.25, 0.3) is 17.7 Å². The summed E-state index contributed by atoms with van der Waals surface area (Å²) in [5, 5.41) is 15.2. The van der Waals surface area contributed by atoms with E-state index < -0.39 is 17.9 Å². The number of nitrogens with one attached hydrogen (secondary N) is 4. The summed E-state index contributed by atoms with van der Waals surface area (Å²) >= 11 is 0. The number of fused-ring (bicyclic) bond motifs is 2. The van der Waals surface area contributed by atoms with Crippen LogP contribution in [0.15, 0.2) is 36.5 Å². The fourth-order valence-corrected chi connectivity index (χ4v) is 4.16. The first kappa shape index (κ1) is 24.2. The second kappa shape index (κ2) is 9.85. The number of likely N-dealkylation sites (N-methyl/N-ethyl adjacent to an activating group) is 1. The zero-order valence-electron chi connectivity index (χ0n) is 20.3. The number of ether oxygens (including phenoxy) is 1. The SMILES string of the molecule is C[C@H](NC(=O)c1cc(C(=O)NCc2ccc3c(c2)NC(=O)CO3)nc2ccnn12)C(=O)NC1CN(C)C1. The second-order valence-corrected chi connectivity index (χ2v) is 9.10. The first-order valence-electron chi connectivity index (χ1n) is 11.7. The summed E-state index contributed by atoms with van der Waals surface area (Å²) in [6.45, 7) is 3.23. The van der Waals surface area contributed by atoms with Crippen LogP contribution in [-0.4, -0.2) is 82.0 Å². The van der Waals surface area contributed by atoms with Crippen molar-refractivity contribution in [2.75, 3.05) is 32.1 Å². The molecule has 5 rings (SSSR count). The molecule has 4 N–H and O–H groups in total. The molecule has 0 aliphatic carbocycles. The van der Waals surface area contributed by atoms with Gasteiger partial charge in [0.05, 0.1) is 17.9 Å². The Kier molecular flexibility index (Phi) is 6.44. The number of aromatic nitrogens is 3. The van der Waals surface area contributed by atoms with E-state index in [4.69, 9.17) is 4.74 Å². The summed E-state index contributed by atoms with van der Waals surface area (Å²) < 4.78 is 6.66. The van der Waals surface area contributed by atoms with E-state index in [2.05, 4.69) is 36.2 Å². The highest BCUT2D eigenvalue weighted by molar-refractivity contribution is 6.00. The fraction of sp³-hybridized carbons (Fsp3) is 0.333. The fourth-order valence-electron chi connectivity index (χ4n) is 4.16. The molecule has 13 nitrogen and oxygen atoms in total. The van der Waals surface area contributed by atoms with Crippen LogP contribution in [0, 0.1) is 0 Å². The molecule has 13 heteroatoms. The Labute approximate surface area is 211 Å². The summed E-state index contributed by atoms with van der Waals surface area (Å²) in [5.74, 6) is -1.05. The van der Waals surface area contributed by atoms with Crippen molar-refractivity contribution < 1.29 is 23.9 Å². The van der Waals surface area contributed by atoms with Crippen molar-refractivity contribution in [3.8, 4) is 5.75 Å². The Balaban J connectivity index is 1.27. The lowest BCUT2D eigenvalue weighted by Gasteiger charge is -2.37. The lowest BCUT2D eigenvalue weighted by molar-refractivity contribution is -0.124. The van der Waals surface area contributed by atoms with Gasteiger partial charge < -0.3 is 30.9 Å². The molecule has 0 radical (unpaired) electrons. The van der Waals surface area contributed by atoms with Gasteiger partial charge in [0.15, 0.2) is 12.3 Å². The van der Waals surface area contributed by atoms with Gasteiger partial charge in [0, 0.05) is 31.8 Å². The van der Waals surface area contributed by atoms with Crippen molar-refractivity contribution >= 4 is 35.0 Å². The number of benzene rings is 1. The van der Waals surface area contributed by atoms with Gasteiger partial charge in [0.1, 0.15) is 23.2 Å². The molecule has 1 aromatic carbocycles. The van der Waals surface area contributed by atoms with Gasteiger partial charge in [0.2, 0.25) is 5.91 Å². The summed E-state index contributed by atoms with van der Waals surface area (Å²) in [6.07, 6.45) is 1.47. The minimum absolute atomic E-state index is 0.0161. The Morgan fingerprint density at radius 3 is 2.78 bits per heavy atom. The van der Waals surface area contributed by atoms with E-state index in [0.29, 0.717) is 17.1 Å². The zero-order valence-corrected chi connectivity index (χ0v) is 20.3. The van der Waals surface area contributed by atoms with Crippen LogP contribution in [0.1, 0.15) is 33.5 Å². The quantitative estimate of drug-likeness (QED) is 0.335. The van der Waals surface area contributed by atoms with E-state index in [0.717, 1.165) is 18.7 Å². The van der Waals surface area contributed by atoms with Crippen molar-refractivity contribution in [2.45, 2.75) is 25.6 Å². The zero-order chi connectivity index (χ0) is 26.1. The molecule has 0 spiro atoms. The molecule has 1 atom stereocenters. The molecular formula is C24H26N8O5. The average molecular weight is 507 g/mol. The van der Waals surface area contributed by atoms with Crippen molar-refractivity contribution in [1.82, 2.24) is 35.4 Å². The van der Waals surface area contributed by atoms with E-state index in [1.165, 1.54) is 16.8 Å². The van der Waals surface area contributed by atoms with Crippen LogP contribution in [0.3, 0.4) is 0 Å². The van der Waals surface area contributed by atoms with Gasteiger partial charge in [-0.1, -0.05) is 6.07 Å². The normalized spacial score (nSPS) is 16.1. The highest BCUT2D eigenvalue weighted by atomic mass is 16.5. The molecule has 3 aromatic rings. The largest absolute Gasteiger partial charge is 0.482 e. The van der Waals surface area contributed by atoms with E-state index in [1.807, 2.05) is 7.05 Å². The number of amides is 4. The Morgan fingerprint density at radius 1 is 1.19 bits per heavy atom. The molecule has 0 unspecified atom stereocenters. The molecule has 0 bridgehead atoms. The maximum atomic E-state index is 13.0. The molecule has 37 heavy (non-hydrogen) atoms. The van der Waals surface area contributed by atoms with Crippen molar-refractivity contribution in [1.29, 1.82) is 0 Å². The number of rotatable bonds is 7. The van der Waals surface area contributed by atoms with Gasteiger partial charge in [-0.2, -0.15) is 5.10 Å². The molecular weight excluding hydrogens is 480 g/mol. The molecule has 1 saturated heterocycles. The monoisotopic (exact) mass is 506 g/mol. The van der Waals surface area contributed by atoms with Gasteiger partial charge in [-0.05, 0) is 31.7 Å². The molecule has 4 heterocycles. The van der Waals surface area contributed by atoms with Gasteiger partial charge in [-0.15, -0.1) is 0 Å². The Bertz CT molecular complexity index is 1400. The van der Waals surface area contributed by atoms with Crippen LogP contribution < -0.4 is 26.0 Å². The summed E-state index contributed by atoms with van der Waals surface area (Å²) in [4.78, 5) is 56.4. The first-order valence-corrected chi connectivity index (χ1v) is 11.7. The number of hydrogen-bond acceptors (Lipinski definition) is 8. The van der Waals surface area contributed by atoms with E-state index in [-0.39, 0.29) is 42.4 Å². The number of carbonyl (C=O) groups is 4. The topological polar surface area (TPSA) is 159 Å². The third-order valence-corrected chi connectivity index (χ3v) is 6.11. The van der Waals surface area contributed by atoms with Crippen LogP contribution in [0.2, 0.25) is 0 Å². The number of hydrogen-bond donors (Lipinski definition) is 4. The highest BCUT2D eigenvalue weighted by Crippen LogP contribution is 2.28. The van der Waals surface area contributed by atoms with E-state index in [1.54, 1.807) is 31.2 Å². The third-order valence-electron chi connectivity index (χ3n) is 6.11. The van der Waals surface area contributed by atoms with Gasteiger partial charge in [-0.3, -0.25) is 19.2 Å². The standard InChI is InChI=1S/C24H26N8O5/c1-13(22(34)28-15-10-31(2)11-15)27-24(36)18-8-17(29-20-5-6-26-32(18)20)23(35)25-9-14-3-4-19-16(7-14)30-21(33)12-37-19/h3-8,13,15H,9-12H2,1-2H3,(H,25,35)(H,27,36)(H,28,34)(H,30,33)/t13-/m0/s1. The van der Waals surface area contributed by atoms with Gasteiger partial charge in [-0.25, -0.2) is 9.50 Å². The smallest absolute Gasteiger partial charge is 0.270 e. The lowest BCUT2D eigenvalue weighted by Crippen LogP contribution is -2.60. The van der Waals surface area contributed by atoms with Crippen molar-refractivity contribution in [3.63, 3.8) is 0 Å². The van der Waals surface area contributed by atoms with E-state index in [9.17, 15) is 19.2 Å². The summed E-state index contributed by atoms with van der Waals surface area (Å²) in [7, 11) is 1.96. The predicted octanol–water partition coefficient (Wildman–Crippen LogP) is -0.461. The second-order valence-electron chi connectivity index (χ2n) is 9.10. The molecule has 0 saturated carbocycles. The first-order chi connectivity index (χ1) is 17.8. The number of likely N-dealkylation sites (tertiary alicyclic amines) is 1. The van der Waals surface area contributed by atoms with Crippen LogP contribution >= 0.6 is 0 Å². The minimum atomic E-state index is -0.789. The van der Waals surface area contributed by atoms with Crippen LogP contribution in [-0.2, 0) is 16.1 Å². The molecule has 2 aliphatic rings. The molecule has 192 valence electrons. The Hall–Kier alpha value is -4.52. The maximum Gasteiger partial charge on any atom is 0.270 e. The van der Waals surface area contributed by atoms with E-state index >= 15 is 0 Å². The molecule has 1 fully saturated rings. The molecule has 2 aromatic heterocycles. The van der Waals surface area contributed by atoms with Crippen molar-refractivity contribution in [2.24, 2.45) is 0 Å². The summed E-state index contributed by atoms with van der Waals surface area (Å²) in [6, 6.07) is 7.38. The number of nitrogens with zero attached hydrogens (tertiary/aromatic N) is 4. The number of carbonyl (C=O) groups excluding carboxylic acids is 4. The van der Waals surface area contributed by atoms with Crippen LogP contribution in [0.5, 0.6) is 5.75 Å². The van der Waals surface area contributed by atoms with Crippen molar-refractivity contribution in [3.05, 3.63) is 53.5 Å². The van der Waals surface area contributed by atoms with Crippen LogP contribution in [0.4, 0.5) is 5.69 Å². The highest BCUT2D eigenvalue weighted by Gasteiger charge is 2.28. The average Bonchev–Trinajstić information content (AvgIpc) is 3.34. The Morgan fingerprint density at radius 2 is 2.00 bits per heavy atom. The predicted molar refractivity (Wildman–Crippen MR) is 131 cm³/mol. The third kappa shape index (κ3) is 5.21. The lowest BCUT2D eigenvalue weighted by atomic mass is 10.1. The van der Waals surface area contributed by atoms with Crippen LogP contribution in [0.25, 0.3) is 5.65 Å². The number of anilines is 1. The van der Waals surface area contributed by atoms with Gasteiger partial charge >= 0.3 is 0 Å². The molecule has 2 aliphatic heterocycles. The minimum Gasteiger partial charge on any atom is -0.482 e.